The highest BCUT2D eigenvalue weighted by Crippen LogP contribution is 2.37. The Morgan fingerprint density at radius 2 is 2.15 bits per heavy atom. The summed E-state index contributed by atoms with van der Waals surface area (Å²) in [5, 5.41) is 7.99. The highest BCUT2D eigenvalue weighted by Gasteiger charge is 2.31. The van der Waals surface area contributed by atoms with Gasteiger partial charge in [0.15, 0.2) is 0 Å². The number of halogens is 1. The normalized spacial score (nSPS) is 24.7. The summed E-state index contributed by atoms with van der Waals surface area (Å²) in [7, 11) is 0. The third-order valence-corrected chi connectivity index (χ3v) is 5.54. The summed E-state index contributed by atoms with van der Waals surface area (Å²) in [4.78, 5) is 11.3. The van der Waals surface area contributed by atoms with Crippen LogP contribution in [0.4, 0.5) is 0 Å². The van der Waals surface area contributed by atoms with Crippen LogP contribution >= 0.6 is 11.6 Å². The van der Waals surface area contributed by atoms with Gasteiger partial charge in [0.2, 0.25) is 5.96 Å². The minimum absolute atomic E-state index is 0.0141. The molecule has 0 saturated carbocycles. The Hall–Kier alpha value is -2.18. The zero-order valence-corrected chi connectivity index (χ0v) is 16.4. The van der Waals surface area contributed by atoms with Crippen molar-refractivity contribution in [3.8, 4) is 0 Å². The molecule has 0 aliphatic carbocycles. The number of likely N-dealkylation sites (tertiary alicyclic amines) is 1. The molecule has 2 aliphatic heterocycles. The van der Waals surface area contributed by atoms with Crippen LogP contribution in [0.3, 0.4) is 0 Å². The van der Waals surface area contributed by atoms with E-state index in [2.05, 4.69) is 21.0 Å². The Bertz CT molecular complexity index is 798. The van der Waals surface area contributed by atoms with E-state index in [0.29, 0.717) is 11.7 Å². The fraction of sp³-hybridized carbons (Fsp3) is 0.450. The minimum atomic E-state index is -0.0141. The Kier molecular flexibility index (Phi) is 6.29. The molecule has 2 heterocycles. The molecule has 1 aromatic rings. The maximum Gasteiger partial charge on any atom is 0.216 e. The molecule has 6 nitrogen and oxygen atoms in total. The number of hydrogen-bond acceptors (Lipinski definition) is 6. The number of nitrogens with one attached hydrogen (secondary N) is 1. The highest BCUT2D eigenvalue weighted by atomic mass is 35.5. The lowest BCUT2D eigenvalue weighted by Gasteiger charge is -2.36. The molecule has 5 N–H and O–H groups in total. The maximum absolute atomic E-state index is 7.25. The summed E-state index contributed by atoms with van der Waals surface area (Å²) >= 11 is 6.61. The standard InChI is InChI=1S/C20H27ClN6/c1-13-11-19(26-20(24)25-13)27-10-4-2-3-5-18(27)15-12-14(6-7-16(15)21)17(23)8-9-22/h6-9,12,18-19,22H,2-5,10-11,23H2,1H3,(H2,24,26)/b17-8-,22-9?. The molecular formula is C20H27ClN6. The summed E-state index contributed by atoms with van der Waals surface area (Å²) in [6.07, 6.45) is 8.04. The minimum Gasteiger partial charge on any atom is -0.398 e. The van der Waals surface area contributed by atoms with Crippen molar-refractivity contribution in [1.29, 1.82) is 5.41 Å². The van der Waals surface area contributed by atoms with Crippen molar-refractivity contribution in [3.63, 3.8) is 0 Å². The Morgan fingerprint density at radius 1 is 1.33 bits per heavy atom. The molecular weight excluding hydrogens is 360 g/mol. The number of benzene rings is 1. The van der Waals surface area contributed by atoms with Gasteiger partial charge in [0.05, 0.1) is 0 Å². The lowest BCUT2D eigenvalue weighted by Crippen LogP contribution is -2.41. The molecule has 0 aromatic heterocycles. The second-order valence-electron chi connectivity index (χ2n) is 7.15. The number of allylic oxidation sites excluding steroid dienone is 1. The molecule has 3 rings (SSSR count). The number of guanidine groups is 1. The van der Waals surface area contributed by atoms with Gasteiger partial charge in [-0.25, -0.2) is 9.98 Å². The second-order valence-corrected chi connectivity index (χ2v) is 7.55. The van der Waals surface area contributed by atoms with E-state index in [1.165, 1.54) is 12.6 Å². The molecule has 0 bridgehead atoms. The zero-order chi connectivity index (χ0) is 19.4. The Balaban J connectivity index is 1.99. The van der Waals surface area contributed by atoms with E-state index in [0.717, 1.165) is 54.1 Å². The Labute approximate surface area is 165 Å². The number of nitrogens with zero attached hydrogens (tertiary/aromatic N) is 3. The van der Waals surface area contributed by atoms with Crippen LogP contribution < -0.4 is 11.5 Å². The van der Waals surface area contributed by atoms with Crippen LogP contribution in [0.5, 0.6) is 0 Å². The van der Waals surface area contributed by atoms with Crippen LogP contribution in [0.25, 0.3) is 5.70 Å². The molecule has 1 aromatic carbocycles. The average Bonchev–Trinajstić information content (AvgIpc) is 2.87. The van der Waals surface area contributed by atoms with Gasteiger partial charge in [-0.2, -0.15) is 0 Å². The number of aliphatic imine (C=N–C) groups is 2. The summed E-state index contributed by atoms with van der Waals surface area (Å²) in [5.41, 5.74) is 15.5. The van der Waals surface area contributed by atoms with Gasteiger partial charge in [-0.05, 0) is 49.1 Å². The fourth-order valence-corrected chi connectivity index (χ4v) is 4.15. The highest BCUT2D eigenvalue weighted by molar-refractivity contribution is 6.31. The maximum atomic E-state index is 7.25. The molecule has 0 spiro atoms. The van der Waals surface area contributed by atoms with Crippen LogP contribution in [0.15, 0.2) is 34.3 Å². The molecule has 1 fully saturated rings. The first kappa shape index (κ1) is 19.6. The van der Waals surface area contributed by atoms with E-state index in [1.54, 1.807) is 6.08 Å². The van der Waals surface area contributed by atoms with E-state index in [-0.39, 0.29) is 12.2 Å². The van der Waals surface area contributed by atoms with E-state index in [4.69, 9.17) is 28.5 Å². The van der Waals surface area contributed by atoms with Gasteiger partial charge in [0.1, 0.15) is 6.17 Å². The molecule has 0 radical (unpaired) electrons. The van der Waals surface area contributed by atoms with Gasteiger partial charge >= 0.3 is 0 Å². The van der Waals surface area contributed by atoms with Crippen molar-refractivity contribution in [2.45, 2.75) is 51.2 Å². The van der Waals surface area contributed by atoms with Crippen LogP contribution in [-0.2, 0) is 0 Å². The van der Waals surface area contributed by atoms with Crippen LogP contribution in [0.2, 0.25) is 5.02 Å². The number of nitrogens with two attached hydrogens (primary N) is 2. The zero-order valence-electron chi connectivity index (χ0n) is 15.7. The summed E-state index contributed by atoms with van der Waals surface area (Å²) in [5.74, 6) is 0.352. The number of rotatable bonds is 4. The van der Waals surface area contributed by atoms with E-state index < -0.39 is 0 Å². The molecule has 144 valence electrons. The van der Waals surface area contributed by atoms with Crippen molar-refractivity contribution in [2.24, 2.45) is 21.5 Å². The molecule has 0 amide bonds. The molecule has 1 saturated heterocycles. The van der Waals surface area contributed by atoms with Gasteiger partial charge in [-0.15, -0.1) is 0 Å². The average molecular weight is 387 g/mol. The smallest absolute Gasteiger partial charge is 0.216 e. The molecule has 27 heavy (non-hydrogen) atoms. The number of hydrogen-bond donors (Lipinski definition) is 3. The van der Waals surface area contributed by atoms with Crippen LogP contribution in [-0.4, -0.2) is 35.5 Å². The Morgan fingerprint density at radius 3 is 2.89 bits per heavy atom. The quantitative estimate of drug-likeness (QED) is 0.687. The first-order valence-corrected chi connectivity index (χ1v) is 9.76. The third kappa shape index (κ3) is 4.57. The van der Waals surface area contributed by atoms with Crippen LogP contribution in [0.1, 0.15) is 56.2 Å². The predicted molar refractivity (Wildman–Crippen MR) is 113 cm³/mol. The van der Waals surface area contributed by atoms with Gasteiger partial charge in [-0.3, -0.25) is 4.90 Å². The lowest BCUT2D eigenvalue weighted by molar-refractivity contribution is 0.143. The third-order valence-electron chi connectivity index (χ3n) is 5.19. The first-order valence-electron chi connectivity index (χ1n) is 9.39. The van der Waals surface area contributed by atoms with Gasteiger partial charge in [0, 0.05) is 41.7 Å². The summed E-state index contributed by atoms with van der Waals surface area (Å²) in [6.45, 7) is 2.95. The van der Waals surface area contributed by atoms with Gasteiger partial charge < -0.3 is 16.9 Å². The molecule has 7 heteroatoms. The predicted octanol–water partition coefficient (Wildman–Crippen LogP) is 3.71. The molecule has 2 atom stereocenters. The van der Waals surface area contributed by atoms with E-state index in [1.807, 2.05) is 19.1 Å². The fourth-order valence-electron chi connectivity index (χ4n) is 3.91. The first-order chi connectivity index (χ1) is 13.0. The van der Waals surface area contributed by atoms with E-state index in [9.17, 15) is 0 Å². The van der Waals surface area contributed by atoms with Crippen molar-refractivity contribution in [2.75, 3.05) is 6.54 Å². The van der Waals surface area contributed by atoms with Crippen LogP contribution in [0, 0.1) is 5.41 Å². The monoisotopic (exact) mass is 386 g/mol. The molecule has 2 aliphatic rings. The van der Waals surface area contributed by atoms with E-state index >= 15 is 0 Å². The summed E-state index contributed by atoms with van der Waals surface area (Å²) in [6, 6.07) is 6.00. The second kappa shape index (κ2) is 8.67. The largest absolute Gasteiger partial charge is 0.398 e. The van der Waals surface area contributed by atoms with Gasteiger partial charge in [0.25, 0.3) is 0 Å². The molecule has 2 unspecified atom stereocenters. The van der Waals surface area contributed by atoms with Crippen molar-refractivity contribution in [3.05, 3.63) is 40.4 Å². The lowest BCUT2D eigenvalue weighted by atomic mass is 9.96. The SMILES string of the molecule is CC1=NC(N)=NC(N2CCCCCC2c2cc(/C(N)=C/C=N)ccc2Cl)C1. The van der Waals surface area contributed by atoms with Crippen molar-refractivity contribution >= 4 is 35.2 Å². The van der Waals surface area contributed by atoms with Crippen molar-refractivity contribution in [1.82, 2.24) is 4.90 Å². The summed E-state index contributed by atoms with van der Waals surface area (Å²) < 4.78 is 0. The topological polar surface area (TPSA) is 104 Å². The van der Waals surface area contributed by atoms with Gasteiger partial charge in [-0.1, -0.05) is 30.5 Å². The van der Waals surface area contributed by atoms with Crippen molar-refractivity contribution < 1.29 is 0 Å².